The van der Waals surface area contributed by atoms with Crippen molar-refractivity contribution in [1.82, 2.24) is 0 Å². The molecule has 4 N–H and O–H groups in total. The number of phenolic OH excluding ortho intramolecular Hbond substituents is 1. The quantitative estimate of drug-likeness (QED) is 0.712. The van der Waals surface area contributed by atoms with E-state index in [1.54, 1.807) is 12.1 Å². The summed E-state index contributed by atoms with van der Waals surface area (Å²) < 4.78 is 12.9. The Morgan fingerprint density at radius 1 is 1.22 bits per heavy atom. The van der Waals surface area contributed by atoms with Gasteiger partial charge in [-0.2, -0.15) is 0 Å². The highest BCUT2D eigenvalue weighted by Crippen LogP contribution is 2.18. The molecule has 2 aromatic carbocycles. The van der Waals surface area contributed by atoms with Crippen molar-refractivity contribution in [2.45, 2.75) is 0 Å². The Labute approximate surface area is 103 Å². The minimum atomic E-state index is -0.537. The molecule has 0 fully saturated rings. The minimum Gasteiger partial charge on any atom is -0.508 e. The van der Waals surface area contributed by atoms with Gasteiger partial charge in [-0.15, -0.1) is 0 Å². The molecule has 92 valence electrons. The number of anilines is 2. The number of aromatic hydroxyl groups is 1. The lowest BCUT2D eigenvalue weighted by Gasteiger charge is -2.06. The first kappa shape index (κ1) is 11.9. The third-order valence-electron chi connectivity index (χ3n) is 2.36. The van der Waals surface area contributed by atoms with E-state index < -0.39 is 11.7 Å². The zero-order valence-corrected chi connectivity index (χ0v) is 9.35. The van der Waals surface area contributed by atoms with Crippen molar-refractivity contribution in [3.63, 3.8) is 0 Å². The molecule has 0 saturated carbocycles. The standard InChI is InChI=1S/C13H11FN2O2/c14-11-5-4-9(7-12(11)15)16-13(18)8-2-1-3-10(17)6-8/h1-7,17H,15H2,(H,16,18). The zero-order chi connectivity index (χ0) is 13.1. The van der Waals surface area contributed by atoms with E-state index in [9.17, 15) is 14.3 Å². The van der Waals surface area contributed by atoms with Gasteiger partial charge in [-0.05, 0) is 36.4 Å². The largest absolute Gasteiger partial charge is 0.508 e. The number of halogens is 1. The fourth-order valence-electron chi connectivity index (χ4n) is 1.47. The highest BCUT2D eigenvalue weighted by molar-refractivity contribution is 6.04. The molecule has 0 heterocycles. The topological polar surface area (TPSA) is 75.3 Å². The summed E-state index contributed by atoms with van der Waals surface area (Å²) in [7, 11) is 0. The number of phenols is 1. The van der Waals surface area contributed by atoms with Crippen LogP contribution in [-0.2, 0) is 0 Å². The van der Waals surface area contributed by atoms with E-state index in [4.69, 9.17) is 5.73 Å². The maximum absolute atomic E-state index is 12.9. The molecule has 0 saturated heterocycles. The zero-order valence-electron chi connectivity index (χ0n) is 9.35. The highest BCUT2D eigenvalue weighted by Gasteiger charge is 2.07. The molecule has 0 unspecified atom stereocenters. The maximum atomic E-state index is 12.9. The molecule has 1 amide bonds. The maximum Gasteiger partial charge on any atom is 0.255 e. The molecule has 4 nitrogen and oxygen atoms in total. The monoisotopic (exact) mass is 246 g/mol. The Morgan fingerprint density at radius 2 is 2.00 bits per heavy atom. The number of benzene rings is 2. The van der Waals surface area contributed by atoms with Gasteiger partial charge in [0.05, 0.1) is 5.69 Å². The first-order chi connectivity index (χ1) is 8.56. The molecule has 0 aliphatic carbocycles. The second-order valence-corrected chi connectivity index (χ2v) is 3.74. The summed E-state index contributed by atoms with van der Waals surface area (Å²) in [6.07, 6.45) is 0. The molecule has 0 spiro atoms. The molecule has 0 aliphatic heterocycles. The average molecular weight is 246 g/mol. The first-order valence-corrected chi connectivity index (χ1v) is 5.21. The van der Waals surface area contributed by atoms with E-state index in [0.29, 0.717) is 11.3 Å². The summed E-state index contributed by atoms with van der Waals surface area (Å²) in [6.45, 7) is 0. The van der Waals surface area contributed by atoms with Crippen LogP contribution in [0.3, 0.4) is 0 Å². The van der Waals surface area contributed by atoms with Crippen molar-refractivity contribution in [2.24, 2.45) is 0 Å². The Hall–Kier alpha value is -2.56. The second-order valence-electron chi connectivity index (χ2n) is 3.74. The summed E-state index contributed by atoms with van der Waals surface area (Å²) in [5, 5.41) is 11.8. The van der Waals surface area contributed by atoms with Crippen molar-refractivity contribution in [3.8, 4) is 5.75 Å². The Balaban J connectivity index is 2.18. The number of nitrogens with two attached hydrogens (primary N) is 1. The number of nitrogens with one attached hydrogen (secondary N) is 1. The second kappa shape index (κ2) is 4.75. The number of nitrogen functional groups attached to an aromatic ring is 1. The van der Waals surface area contributed by atoms with E-state index in [1.165, 1.54) is 30.3 Å². The van der Waals surface area contributed by atoms with Gasteiger partial charge in [0.1, 0.15) is 11.6 Å². The molecule has 0 aromatic heterocycles. The van der Waals surface area contributed by atoms with Crippen molar-refractivity contribution in [2.75, 3.05) is 11.1 Å². The van der Waals surface area contributed by atoms with E-state index in [0.717, 1.165) is 0 Å². The van der Waals surface area contributed by atoms with Gasteiger partial charge >= 0.3 is 0 Å². The van der Waals surface area contributed by atoms with Crippen LogP contribution in [0.2, 0.25) is 0 Å². The fraction of sp³-hybridized carbons (Fsp3) is 0. The molecular formula is C13H11FN2O2. The molecule has 2 aromatic rings. The van der Waals surface area contributed by atoms with E-state index in [2.05, 4.69) is 5.32 Å². The Bertz CT molecular complexity index is 599. The van der Waals surface area contributed by atoms with Crippen LogP contribution in [0.5, 0.6) is 5.75 Å². The van der Waals surface area contributed by atoms with Crippen molar-refractivity contribution >= 4 is 17.3 Å². The van der Waals surface area contributed by atoms with E-state index in [-0.39, 0.29) is 11.4 Å². The lowest BCUT2D eigenvalue weighted by atomic mass is 10.2. The number of rotatable bonds is 2. The molecule has 0 bridgehead atoms. The summed E-state index contributed by atoms with van der Waals surface area (Å²) in [6, 6.07) is 9.83. The Morgan fingerprint density at radius 3 is 2.67 bits per heavy atom. The summed E-state index contributed by atoms with van der Waals surface area (Å²) in [4.78, 5) is 11.8. The first-order valence-electron chi connectivity index (χ1n) is 5.21. The van der Waals surface area contributed by atoms with Gasteiger partial charge in [-0.1, -0.05) is 6.07 Å². The molecule has 0 atom stereocenters. The van der Waals surface area contributed by atoms with Crippen LogP contribution in [0.1, 0.15) is 10.4 Å². The third kappa shape index (κ3) is 2.57. The van der Waals surface area contributed by atoms with E-state index >= 15 is 0 Å². The van der Waals surface area contributed by atoms with Gasteiger partial charge < -0.3 is 16.2 Å². The molecule has 2 rings (SSSR count). The van der Waals surface area contributed by atoms with Crippen LogP contribution in [0.15, 0.2) is 42.5 Å². The number of hydrogen-bond acceptors (Lipinski definition) is 3. The van der Waals surface area contributed by atoms with Gasteiger partial charge in [-0.25, -0.2) is 4.39 Å². The predicted molar refractivity (Wildman–Crippen MR) is 66.9 cm³/mol. The SMILES string of the molecule is Nc1cc(NC(=O)c2cccc(O)c2)ccc1F. The Kier molecular flexibility index (Phi) is 3.14. The van der Waals surface area contributed by atoms with Gasteiger partial charge in [0.2, 0.25) is 0 Å². The summed E-state index contributed by atoms with van der Waals surface area (Å²) in [5.74, 6) is -0.941. The van der Waals surface area contributed by atoms with Crippen LogP contribution in [-0.4, -0.2) is 11.0 Å². The lowest BCUT2D eigenvalue weighted by molar-refractivity contribution is 0.102. The number of amides is 1. The van der Waals surface area contributed by atoms with E-state index in [1.807, 2.05) is 0 Å². The number of hydrogen-bond donors (Lipinski definition) is 3. The van der Waals surface area contributed by atoms with Crippen molar-refractivity contribution in [1.29, 1.82) is 0 Å². The van der Waals surface area contributed by atoms with Gasteiger partial charge in [-0.3, -0.25) is 4.79 Å². The van der Waals surface area contributed by atoms with Crippen LogP contribution in [0, 0.1) is 5.82 Å². The fourth-order valence-corrected chi connectivity index (χ4v) is 1.47. The predicted octanol–water partition coefficient (Wildman–Crippen LogP) is 2.37. The highest BCUT2D eigenvalue weighted by atomic mass is 19.1. The van der Waals surface area contributed by atoms with Crippen LogP contribution in [0.25, 0.3) is 0 Å². The van der Waals surface area contributed by atoms with Gasteiger partial charge in [0.15, 0.2) is 0 Å². The molecular weight excluding hydrogens is 235 g/mol. The van der Waals surface area contributed by atoms with Crippen LogP contribution in [0.4, 0.5) is 15.8 Å². The number of carbonyl (C=O) groups excluding carboxylic acids is 1. The van der Waals surface area contributed by atoms with Crippen molar-refractivity contribution in [3.05, 3.63) is 53.8 Å². The lowest BCUT2D eigenvalue weighted by Crippen LogP contribution is -2.12. The van der Waals surface area contributed by atoms with Crippen LogP contribution < -0.4 is 11.1 Å². The number of carbonyl (C=O) groups is 1. The van der Waals surface area contributed by atoms with Crippen molar-refractivity contribution < 1.29 is 14.3 Å². The third-order valence-corrected chi connectivity index (χ3v) is 2.36. The minimum absolute atomic E-state index is 0.00118. The molecule has 18 heavy (non-hydrogen) atoms. The summed E-state index contributed by atoms with van der Waals surface area (Å²) >= 11 is 0. The summed E-state index contributed by atoms with van der Waals surface area (Å²) in [5.41, 5.74) is 6.05. The smallest absolute Gasteiger partial charge is 0.255 e. The average Bonchev–Trinajstić information content (AvgIpc) is 2.34. The molecule has 5 heteroatoms. The van der Waals surface area contributed by atoms with Gasteiger partial charge in [0, 0.05) is 11.3 Å². The normalized spacial score (nSPS) is 10.1. The molecule has 0 aliphatic rings. The van der Waals surface area contributed by atoms with Crippen LogP contribution >= 0.6 is 0 Å². The van der Waals surface area contributed by atoms with Gasteiger partial charge in [0.25, 0.3) is 5.91 Å². The molecule has 0 radical (unpaired) electrons.